The van der Waals surface area contributed by atoms with E-state index in [9.17, 15) is 9.59 Å². The molecule has 0 heterocycles. The molecule has 0 saturated carbocycles. The minimum Gasteiger partial charge on any atom is -0.481 e. The van der Waals surface area contributed by atoms with Crippen LogP contribution in [0.15, 0.2) is 0 Å². The van der Waals surface area contributed by atoms with E-state index in [2.05, 4.69) is 5.32 Å². The highest BCUT2D eigenvalue weighted by molar-refractivity contribution is 6.23. The molecule has 0 bridgehead atoms. The molecule has 1 atom stereocenters. The second-order valence-corrected chi connectivity index (χ2v) is 4.86. The minimum absolute atomic E-state index is 0.351. The highest BCUT2D eigenvalue weighted by atomic mass is 27.0. The average Bonchev–Trinajstić information content (AvgIpc) is 1.81. The summed E-state index contributed by atoms with van der Waals surface area (Å²) < 4.78 is 4.87. The van der Waals surface area contributed by atoms with Crippen molar-refractivity contribution in [2.75, 3.05) is 0 Å². The Bertz CT molecular complexity index is 211. The normalized spacial score (nSPS) is 13.2. The standard InChI is InChI=1S/C7H12NO4.Al.2H/c1-7(2,3)12-6(11)8-4-5(9)10;;;/h4H,1-3H3,(H,8,11)(H,9,10);;;. The van der Waals surface area contributed by atoms with Crippen LogP contribution in [0.2, 0.25) is 0 Å². The summed E-state index contributed by atoms with van der Waals surface area (Å²) in [5.74, 6) is -1.03. The van der Waals surface area contributed by atoms with Crippen molar-refractivity contribution in [2.45, 2.75) is 31.3 Å². The summed E-state index contributed by atoms with van der Waals surface area (Å²) in [7, 11) is 0. The summed E-state index contributed by atoms with van der Waals surface area (Å²) in [4.78, 5) is 20.6. The molecule has 0 aromatic carbocycles. The van der Waals surface area contributed by atoms with Gasteiger partial charge < -0.3 is 15.2 Å². The Labute approximate surface area is 84.9 Å². The molecule has 74 valence electrons. The number of nitrogens with one attached hydrogen (secondary N) is 1. The van der Waals surface area contributed by atoms with Crippen LogP contribution in [0.5, 0.6) is 0 Å². The van der Waals surface area contributed by atoms with E-state index in [1.165, 1.54) is 0 Å². The Hall–Kier alpha value is -0.728. The van der Waals surface area contributed by atoms with Crippen LogP contribution in [-0.2, 0) is 9.53 Å². The van der Waals surface area contributed by atoms with Gasteiger partial charge in [0.25, 0.3) is 16.3 Å². The first-order valence-corrected chi connectivity index (χ1v) is 5.10. The van der Waals surface area contributed by atoms with Gasteiger partial charge in [-0.15, -0.1) is 0 Å². The topological polar surface area (TPSA) is 75.6 Å². The molecular formula is C7H14AlNO4. The summed E-state index contributed by atoms with van der Waals surface area (Å²) in [5, 5.41) is 10.7. The molecule has 0 fully saturated rings. The first-order chi connectivity index (χ1) is 5.72. The lowest BCUT2D eigenvalue weighted by molar-refractivity contribution is -0.137. The molecule has 2 N–H and O–H groups in total. The molecule has 0 rings (SSSR count). The van der Waals surface area contributed by atoms with E-state index in [0.717, 1.165) is 0 Å². The van der Waals surface area contributed by atoms with Crippen LogP contribution < -0.4 is 5.32 Å². The number of amides is 1. The quantitative estimate of drug-likeness (QED) is 0.596. The van der Waals surface area contributed by atoms with Crippen molar-refractivity contribution in [2.24, 2.45) is 0 Å². The van der Waals surface area contributed by atoms with Crippen LogP contribution >= 0.6 is 0 Å². The van der Waals surface area contributed by atoms with Crippen LogP contribution in [0.4, 0.5) is 4.79 Å². The molecule has 0 spiro atoms. The van der Waals surface area contributed by atoms with Gasteiger partial charge in [-0.2, -0.15) is 0 Å². The lowest BCUT2D eigenvalue weighted by atomic mass is 10.2. The number of hydrogen-bond acceptors (Lipinski definition) is 3. The summed E-state index contributed by atoms with van der Waals surface area (Å²) >= 11 is 0.351. The lowest BCUT2D eigenvalue weighted by Gasteiger charge is -2.20. The summed E-state index contributed by atoms with van der Waals surface area (Å²) in [6, 6.07) is 0. The van der Waals surface area contributed by atoms with Gasteiger partial charge in [0.1, 0.15) is 5.60 Å². The molecule has 0 aromatic rings. The number of carboxylic acid groups (broad SMARTS) is 1. The molecule has 1 amide bonds. The van der Waals surface area contributed by atoms with Gasteiger partial charge in [0, 0.05) is 0 Å². The maximum Gasteiger partial charge on any atom is 0.407 e. The smallest absolute Gasteiger partial charge is 0.407 e. The van der Waals surface area contributed by atoms with Gasteiger partial charge in [-0.3, -0.25) is 4.79 Å². The van der Waals surface area contributed by atoms with E-state index in [1.54, 1.807) is 20.8 Å². The molecule has 0 radical (unpaired) electrons. The predicted octanol–water partition coefficient (Wildman–Crippen LogP) is -0.445. The average molecular weight is 203 g/mol. The van der Waals surface area contributed by atoms with Gasteiger partial charge in [0.2, 0.25) is 0 Å². The molecule has 0 aromatic heterocycles. The van der Waals surface area contributed by atoms with Crippen molar-refractivity contribution in [1.82, 2.24) is 5.32 Å². The van der Waals surface area contributed by atoms with Gasteiger partial charge in [0.15, 0.2) is 0 Å². The molecule has 5 nitrogen and oxygen atoms in total. The van der Waals surface area contributed by atoms with E-state index < -0.39 is 22.6 Å². The molecule has 0 aliphatic heterocycles. The molecule has 0 aliphatic carbocycles. The third kappa shape index (κ3) is 6.43. The van der Waals surface area contributed by atoms with Crippen LogP contribution in [-0.4, -0.2) is 44.0 Å². The van der Waals surface area contributed by atoms with Crippen molar-refractivity contribution < 1.29 is 19.4 Å². The third-order valence-electron chi connectivity index (χ3n) is 1.10. The minimum atomic E-state index is -1.03. The lowest BCUT2D eigenvalue weighted by Crippen LogP contribution is -2.43. The fourth-order valence-electron chi connectivity index (χ4n) is 0.546. The van der Waals surface area contributed by atoms with E-state index in [4.69, 9.17) is 9.84 Å². The van der Waals surface area contributed by atoms with Gasteiger partial charge in [0.05, 0.1) is 4.90 Å². The van der Waals surface area contributed by atoms with Crippen LogP contribution in [0, 0.1) is 0 Å². The van der Waals surface area contributed by atoms with Crippen LogP contribution in [0.3, 0.4) is 0 Å². The molecule has 6 heteroatoms. The highest BCUT2D eigenvalue weighted by Gasteiger charge is 2.19. The number of ether oxygens (including phenoxy) is 1. The number of alkyl carbamates (subject to hydrolysis) is 1. The van der Waals surface area contributed by atoms with Crippen molar-refractivity contribution in [3.8, 4) is 0 Å². The molecule has 1 unspecified atom stereocenters. The highest BCUT2D eigenvalue weighted by Crippen LogP contribution is 2.06. The summed E-state index contributed by atoms with van der Waals surface area (Å²) in [6.45, 7) is 5.15. The Balaban J connectivity index is 3.96. The first kappa shape index (κ1) is 12.3. The van der Waals surface area contributed by atoms with E-state index >= 15 is 0 Å². The monoisotopic (exact) mass is 203 g/mol. The van der Waals surface area contributed by atoms with Crippen LogP contribution in [0.1, 0.15) is 20.8 Å². The zero-order valence-electron chi connectivity index (χ0n) is 8.25. The summed E-state index contributed by atoms with van der Waals surface area (Å²) in [6.07, 6.45) is -0.685. The fraction of sp³-hybridized carbons (Fsp3) is 0.714. The van der Waals surface area contributed by atoms with Crippen molar-refractivity contribution >= 4 is 28.4 Å². The maximum absolute atomic E-state index is 11.0. The van der Waals surface area contributed by atoms with Gasteiger partial charge in [-0.05, 0) is 20.8 Å². The summed E-state index contributed by atoms with van der Waals surface area (Å²) in [5.41, 5.74) is -0.593. The van der Waals surface area contributed by atoms with Gasteiger partial charge in [-0.1, -0.05) is 0 Å². The van der Waals surface area contributed by atoms with Crippen LogP contribution in [0.25, 0.3) is 0 Å². The number of aliphatic carboxylic acids is 1. The Morgan fingerprint density at radius 2 is 1.92 bits per heavy atom. The third-order valence-corrected chi connectivity index (χ3v) is 1.89. The number of hydrogen-bond donors (Lipinski definition) is 2. The Morgan fingerprint density at radius 1 is 1.46 bits per heavy atom. The zero-order chi connectivity index (χ0) is 10.6. The molecule has 0 saturated heterocycles. The fourth-order valence-corrected chi connectivity index (χ4v) is 0.782. The van der Waals surface area contributed by atoms with Gasteiger partial charge in [-0.25, -0.2) is 4.79 Å². The second-order valence-electron chi connectivity index (χ2n) is 3.71. The molecular weight excluding hydrogens is 189 g/mol. The Morgan fingerprint density at radius 3 is 2.23 bits per heavy atom. The predicted molar refractivity (Wildman–Crippen MR) is 49.3 cm³/mol. The van der Waals surface area contributed by atoms with Gasteiger partial charge >= 0.3 is 12.1 Å². The number of carbonyl (C=O) groups is 2. The number of rotatable bonds is 2. The largest absolute Gasteiger partial charge is 0.481 e. The maximum atomic E-state index is 11.0. The SMILES string of the molecule is CC(C)(C)OC(=O)N[CH]([AlH2])C(=O)O. The van der Waals surface area contributed by atoms with E-state index in [0.29, 0.717) is 16.3 Å². The Kier molecular flexibility index (Phi) is 4.24. The first-order valence-electron chi connectivity index (χ1n) is 3.94. The van der Waals surface area contributed by atoms with Crippen molar-refractivity contribution in [3.63, 3.8) is 0 Å². The number of carboxylic acids is 1. The molecule has 0 aliphatic rings. The van der Waals surface area contributed by atoms with Crippen molar-refractivity contribution in [1.29, 1.82) is 0 Å². The van der Waals surface area contributed by atoms with E-state index in [-0.39, 0.29) is 0 Å². The number of carbonyl (C=O) groups excluding carboxylic acids is 1. The second kappa shape index (κ2) is 4.49. The van der Waals surface area contributed by atoms with Crippen molar-refractivity contribution in [3.05, 3.63) is 0 Å². The molecule has 13 heavy (non-hydrogen) atoms. The zero-order valence-corrected chi connectivity index (χ0v) is 10.2. The van der Waals surface area contributed by atoms with E-state index in [1.807, 2.05) is 0 Å².